The zero-order chi connectivity index (χ0) is 20.6. The van der Waals surface area contributed by atoms with Crippen LogP contribution in [0.25, 0.3) is 6.08 Å². The first-order chi connectivity index (χ1) is 14.1. The summed E-state index contributed by atoms with van der Waals surface area (Å²) in [6, 6.07) is 20.6. The van der Waals surface area contributed by atoms with Crippen LogP contribution in [0.1, 0.15) is 26.3 Å². The molecule has 5 nitrogen and oxygen atoms in total. The molecule has 0 spiro atoms. The topological polar surface area (TPSA) is 61.8 Å². The first-order valence-corrected chi connectivity index (χ1v) is 8.93. The second kappa shape index (κ2) is 9.37. The standard InChI is InChI=1S/C24H20O5/c1-27-22-9-5-3-7-18(22)13-16-21(25)17-11-14-19(15-12-17)29-24(26)20-8-4-6-10-23(20)28-2/h3-16H,1-2H3. The van der Waals surface area contributed by atoms with Crippen LogP contribution in [0.3, 0.4) is 0 Å². The molecule has 3 rings (SSSR count). The smallest absolute Gasteiger partial charge is 0.347 e. The first-order valence-electron chi connectivity index (χ1n) is 8.93. The molecule has 0 atom stereocenters. The number of allylic oxidation sites excluding steroid dienone is 1. The van der Waals surface area contributed by atoms with Gasteiger partial charge in [-0.3, -0.25) is 4.79 Å². The lowest BCUT2D eigenvalue weighted by atomic mass is 10.1. The number of para-hydroxylation sites is 2. The third kappa shape index (κ3) is 4.90. The summed E-state index contributed by atoms with van der Waals surface area (Å²) in [4.78, 5) is 24.7. The molecule has 0 heterocycles. The third-order valence-corrected chi connectivity index (χ3v) is 4.23. The van der Waals surface area contributed by atoms with Crippen LogP contribution in [-0.2, 0) is 0 Å². The molecular weight excluding hydrogens is 368 g/mol. The van der Waals surface area contributed by atoms with Gasteiger partial charge in [0.15, 0.2) is 5.78 Å². The fourth-order valence-corrected chi connectivity index (χ4v) is 2.73. The number of esters is 1. The van der Waals surface area contributed by atoms with Crippen molar-refractivity contribution in [1.29, 1.82) is 0 Å². The lowest BCUT2D eigenvalue weighted by Crippen LogP contribution is -2.10. The van der Waals surface area contributed by atoms with E-state index < -0.39 is 5.97 Å². The van der Waals surface area contributed by atoms with Crippen molar-refractivity contribution in [3.8, 4) is 17.2 Å². The number of carbonyl (C=O) groups is 2. The van der Waals surface area contributed by atoms with Crippen LogP contribution in [0.2, 0.25) is 0 Å². The Morgan fingerprint density at radius 1 is 0.759 bits per heavy atom. The van der Waals surface area contributed by atoms with Crippen molar-refractivity contribution in [2.24, 2.45) is 0 Å². The predicted octanol–water partition coefficient (Wildman–Crippen LogP) is 4.82. The fraction of sp³-hybridized carbons (Fsp3) is 0.0833. The Hall–Kier alpha value is -3.86. The maximum atomic E-state index is 12.4. The minimum atomic E-state index is -0.530. The molecule has 0 aliphatic carbocycles. The summed E-state index contributed by atoms with van der Waals surface area (Å²) in [6.45, 7) is 0. The maximum absolute atomic E-state index is 12.4. The van der Waals surface area contributed by atoms with Crippen LogP contribution in [0, 0.1) is 0 Å². The fourth-order valence-electron chi connectivity index (χ4n) is 2.73. The molecule has 0 aromatic heterocycles. The number of ketones is 1. The maximum Gasteiger partial charge on any atom is 0.347 e. The van der Waals surface area contributed by atoms with Gasteiger partial charge in [0.1, 0.15) is 22.8 Å². The van der Waals surface area contributed by atoms with E-state index in [9.17, 15) is 9.59 Å². The van der Waals surface area contributed by atoms with Crippen molar-refractivity contribution in [2.45, 2.75) is 0 Å². The van der Waals surface area contributed by atoms with Crippen molar-refractivity contribution in [1.82, 2.24) is 0 Å². The highest BCUT2D eigenvalue weighted by atomic mass is 16.5. The molecule has 0 radical (unpaired) electrons. The van der Waals surface area contributed by atoms with Gasteiger partial charge in [-0.25, -0.2) is 4.79 Å². The van der Waals surface area contributed by atoms with Crippen LogP contribution < -0.4 is 14.2 Å². The lowest BCUT2D eigenvalue weighted by molar-refractivity contribution is 0.0731. The van der Waals surface area contributed by atoms with Crippen molar-refractivity contribution < 1.29 is 23.8 Å². The Bertz CT molecular complexity index is 1040. The molecule has 0 saturated carbocycles. The number of methoxy groups -OCH3 is 2. The summed E-state index contributed by atoms with van der Waals surface area (Å²) < 4.78 is 15.8. The van der Waals surface area contributed by atoms with Gasteiger partial charge in [-0.15, -0.1) is 0 Å². The monoisotopic (exact) mass is 388 g/mol. The average Bonchev–Trinajstić information content (AvgIpc) is 2.78. The van der Waals surface area contributed by atoms with Crippen LogP contribution in [0.5, 0.6) is 17.2 Å². The van der Waals surface area contributed by atoms with Crippen molar-refractivity contribution in [3.63, 3.8) is 0 Å². The van der Waals surface area contributed by atoms with E-state index in [-0.39, 0.29) is 5.78 Å². The van der Waals surface area contributed by atoms with E-state index in [1.807, 2.05) is 24.3 Å². The largest absolute Gasteiger partial charge is 0.496 e. The van der Waals surface area contributed by atoms with Gasteiger partial charge < -0.3 is 14.2 Å². The Morgan fingerprint density at radius 2 is 1.38 bits per heavy atom. The van der Waals surface area contributed by atoms with Crippen molar-refractivity contribution >= 4 is 17.8 Å². The van der Waals surface area contributed by atoms with Crippen LogP contribution in [0.15, 0.2) is 78.9 Å². The summed E-state index contributed by atoms with van der Waals surface area (Å²) in [5, 5.41) is 0. The van der Waals surface area contributed by atoms with Gasteiger partial charge in [-0.1, -0.05) is 30.3 Å². The molecule has 0 N–H and O–H groups in total. The number of hydrogen-bond acceptors (Lipinski definition) is 5. The first kappa shape index (κ1) is 19.9. The Labute approximate surface area is 169 Å². The van der Waals surface area contributed by atoms with Gasteiger partial charge in [0.25, 0.3) is 0 Å². The third-order valence-electron chi connectivity index (χ3n) is 4.23. The second-order valence-corrected chi connectivity index (χ2v) is 6.05. The molecule has 0 aliphatic heterocycles. The second-order valence-electron chi connectivity index (χ2n) is 6.05. The van der Waals surface area contributed by atoms with E-state index in [0.29, 0.717) is 28.4 Å². The molecule has 0 unspecified atom stereocenters. The van der Waals surface area contributed by atoms with E-state index in [4.69, 9.17) is 14.2 Å². The minimum absolute atomic E-state index is 0.168. The summed E-state index contributed by atoms with van der Waals surface area (Å²) in [7, 11) is 3.07. The highest BCUT2D eigenvalue weighted by Crippen LogP contribution is 2.22. The van der Waals surface area contributed by atoms with Gasteiger partial charge in [-0.05, 0) is 54.6 Å². The molecule has 0 amide bonds. The highest BCUT2D eigenvalue weighted by Gasteiger charge is 2.14. The van der Waals surface area contributed by atoms with Gasteiger partial charge in [0, 0.05) is 11.1 Å². The lowest BCUT2D eigenvalue weighted by Gasteiger charge is -2.08. The number of rotatable bonds is 7. The van der Waals surface area contributed by atoms with Crippen LogP contribution >= 0.6 is 0 Å². The summed E-state index contributed by atoms with van der Waals surface area (Å²) in [6.07, 6.45) is 3.19. The van der Waals surface area contributed by atoms with E-state index in [2.05, 4.69) is 0 Å². The van der Waals surface area contributed by atoms with Gasteiger partial charge in [-0.2, -0.15) is 0 Å². The number of benzene rings is 3. The van der Waals surface area contributed by atoms with E-state index in [1.165, 1.54) is 13.2 Å². The number of carbonyl (C=O) groups excluding carboxylic acids is 2. The Balaban J connectivity index is 1.69. The summed E-state index contributed by atoms with van der Waals surface area (Å²) in [5.41, 5.74) is 1.62. The molecule has 0 fully saturated rings. The van der Waals surface area contributed by atoms with Gasteiger partial charge in [0.05, 0.1) is 14.2 Å². The number of hydrogen-bond donors (Lipinski definition) is 0. The molecule has 5 heteroatoms. The zero-order valence-corrected chi connectivity index (χ0v) is 16.1. The Kier molecular flexibility index (Phi) is 6.43. The normalized spacial score (nSPS) is 10.6. The van der Waals surface area contributed by atoms with Gasteiger partial charge >= 0.3 is 5.97 Å². The van der Waals surface area contributed by atoms with E-state index in [0.717, 1.165) is 5.56 Å². The molecule has 0 bridgehead atoms. The van der Waals surface area contributed by atoms with Crippen molar-refractivity contribution in [3.05, 3.63) is 95.6 Å². The summed E-state index contributed by atoms with van der Waals surface area (Å²) >= 11 is 0. The SMILES string of the molecule is COc1ccccc1C=CC(=O)c1ccc(OC(=O)c2ccccc2OC)cc1. The number of ether oxygens (including phenoxy) is 3. The van der Waals surface area contributed by atoms with Crippen LogP contribution in [-0.4, -0.2) is 26.0 Å². The van der Waals surface area contributed by atoms with Gasteiger partial charge in [0.2, 0.25) is 0 Å². The summed E-state index contributed by atoms with van der Waals surface area (Å²) in [5.74, 6) is 0.767. The molecule has 146 valence electrons. The Morgan fingerprint density at radius 3 is 2.07 bits per heavy atom. The van der Waals surface area contributed by atoms with Crippen LogP contribution in [0.4, 0.5) is 0 Å². The van der Waals surface area contributed by atoms with Crippen molar-refractivity contribution in [2.75, 3.05) is 14.2 Å². The highest BCUT2D eigenvalue weighted by molar-refractivity contribution is 6.07. The van der Waals surface area contributed by atoms with E-state index >= 15 is 0 Å². The molecular formula is C24H20O5. The molecule has 0 saturated heterocycles. The molecule has 3 aromatic rings. The molecule has 3 aromatic carbocycles. The predicted molar refractivity (Wildman–Crippen MR) is 111 cm³/mol. The molecule has 0 aliphatic rings. The van der Waals surface area contributed by atoms with E-state index in [1.54, 1.807) is 61.7 Å². The molecule has 29 heavy (non-hydrogen) atoms. The minimum Gasteiger partial charge on any atom is -0.496 e. The zero-order valence-electron chi connectivity index (χ0n) is 16.1. The quantitative estimate of drug-likeness (QED) is 0.251. The average molecular weight is 388 g/mol.